The molecule has 1 N–H and O–H groups in total. The Hall–Kier alpha value is -2.34. The molecule has 1 aliphatic rings. The minimum Gasteiger partial charge on any atom is -0.362 e. The molecule has 0 bridgehead atoms. The first-order valence-electron chi connectivity index (χ1n) is 8.02. The Bertz CT molecular complexity index is 930. The number of halogens is 1. The van der Waals surface area contributed by atoms with E-state index in [2.05, 4.69) is 20.3 Å². The van der Waals surface area contributed by atoms with Gasteiger partial charge in [0.25, 0.3) is 5.78 Å². The number of benzene rings is 1. The van der Waals surface area contributed by atoms with Crippen molar-refractivity contribution in [3.8, 4) is 0 Å². The molecule has 2 heterocycles. The first-order chi connectivity index (χ1) is 11.5. The summed E-state index contributed by atoms with van der Waals surface area (Å²) in [4.78, 5) is 11.3. The van der Waals surface area contributed by atoms with Crippen LogP contribution in [0.25, 0.3) is 5.78 Å². The molecule has 2 aromatic heterocycles. The van der Waals surface area contributed by atoms with Crippen LogP contribution < -0.4 is 10.2 Å². The number of anilines is 3. The minimum atomic E-state index is 0.527. The Balaban J connectivity index is 1.81. The average molecular weight is 343 g/mol. The van der Waals surface area contributed by atoms with E-state index >= 15 is 0 Å². The highest BCUT2D eigenvalue weighted by Gasteiger charge is 2.23. The van der Waals surface area contributed by atoms with E-state index in [1.165, 1.54) is 5.56 Å². The fourth-order valence-corrected chi connectivity index (χ4v) is 3.39. The van der Waals surface area contributed by atoms with Crippen molar-refractivity contribution in [1.82, 2.24) is 19.6 Å². The maximum absolute atomic E-state index is 6.09. The molecule has 7 heteroatoms. The fourth-order valence-electron chi connectivity index (χ4n) is 3.22. The first-order valence-corrected chi connectivity index (χ1v) is 8.40. The molecule has 3 aromatic rings. The van der Waals surface area contributed by atoms with E-state index in [4.69, 9.17) is 16.6 Å². The van der Waals surface area contributed by atoms with E-state index < -0.39 is 0 Å². The van der Waals surface area contributed by atoms with Crippen molar-refractivity contribution in [2.75, 3.05) is 24.3 Å². The van der Waals surface area contributed by atoms with Crippen LogP contribution in [-0.2, 0) is 12.8 Å². The van der Waals surface area contributed by atoms with Gasteiger partial charge in [-0.15, -0.1) is 5.10 Å². The minimum absolute atomic E-state index is 0.527. The third kappa shape index (κ3) is 2.47. The van der Waals surface area contributed by atoms with Gasteiger partial charge in [0.1, 0.15) is 5.82 Å². The Morgan fingerprint density at radius 1 is 1.21 bits per heavy atom. The normalized spacial score (nSPS) is 13.3. The molecule has 0 spiro atoms. The summed E-state index contributed by atoms with van der Waals surface area (Å²) in [6.07, 6.45) is 3.20. The van der Waals surface area contributed by atoms with Gasteiger partial charge in [0.2, 0.25) is 5.95 Å². The SMILES string of the molecule is Cc1ccc(Cl)cc1Nc1nc2nc3c(c(N(C)C)n2n1)CCC3. The van der Waals surface area contributed by atoms with Gasteiger partial charge in [-0.25, -0.2) is 4.98 Å². The molecule has 4 rings (SSSR count). The summed E-state index contributed by atoms with van der Waals surface area (Å²) in [7, 11) is 4.06. The molecule has 1 aromatic carbocycles. The topological polar surface area (TPSA) is 58.4 Å². The van der Waals surface area contributed by atoms with E-state index in [0.29, 0.717) is 16.7 Å². The van der Waals surface area contributed by atoms with Crippen LogP contribution in [-0.4, -0.2) is 33.7 Å². The summed E-state index contributed by atoms with van der Waals surface area (Å²) in [5.74, 6) is 2.22. The molecular formula is C17H19ClN6. The van der Waals surface area contributed by atoms with Crippen LogP contribution in [0.3, 0.4) is 0 Å². The van der Waals surface area contributed by atoms with Gasteiger partial charge in [-0.2, -0.15) is 9.50 Å². The largest absolute Gasteiger partial charge is 0.362 e. The number of aryl methyl sites for hydroxylation is 2. The quantitative estimate of drug-likeness (QED) is 0.790. The molecule has 0 saturated carbocycles. The molecule has 0 radical (unpaired) electrons. The van der Waals surface area contributed by atoms with E-state index in [-0.39, 0.29) is 0 Å². The number of rotatable bonds is 3. The number of fused-ring (bicyclic) bond motifs is 2. The smallest absolute Gasteiger partial charge is 0.256 e. The van der Waals surface area contributed by atoms with Gasteiger partial charge in [0, 0.05) is 30.4 Å². The van der Waals surface area contributed by atoms with E-state index in [1.807, 2.05) is 43.7 Å². The molecule has 0 aliphatic heterocycles. The number of hydrogen-bond donors (Lipinski definition) is 1. The zero-order valence-electron chi connectivity index (χ0n) is 14.0. The lowest BCUT2D eigenvalue weighted by Gasteiger charge is -2.17. The second kappa shape index (κ2) is 5.63. The molecule has 0 unspecified atom stereocenters. The van der Waals surface area contributed by atoms with Crippen LogP contribution in [0.1, 0.15) is 23.2 Å². The van der Waals surface area contributed by atoms with Crippen LogP contribution in [0.4, 0.5) is 17.5 Å². The molecule has 0 fully saturated rings. The zero-order valence-corrected chi connectivity index (χ0v) is 14.7. The van der Waals surface area contributed by atoms with Crippen LogP contribution in [0.2, 0.25) is 5.02 Å². The average Bonchev–Trinajstić information content (AvgIpc) is 3.13. The van der Waals surface area contributed by atoms with Crippen LogP contribution >= 0.6 is 11.6 Å². The molecule has 0 saturated heterocycles. The lowest BCUT2D eigenvalue weighted by molar-refractivity contribution is 0.874. The highest BCUT2D eigenvalue weighted by molar-refractivity contribution is 6.30. The van der Waals surface area contributed by atoms with Crippen molar-refractivity contribution in [2.45, 2.75) is 26.2 Å². The van der Waals surface area contributed by atoms with E-state index in [0.717, 1.165) is 42.0 Å². The second-order valence-electron chi connectivity index (χ2n) is 6.34. The molecule has 1 aliphatic carbocycles. The molecule has 0 amide bonds. The second-order valence-corrected chi connectivity index (χ2v) is 6.78. The lowest BCUT2D eigenvalue weighted by Crippen LogP contribution is -2.17. The number of aromatic nitrogens is 4. The van der Waals surface area contributed by atoms with Gasteiger partial charge in [-0.3, -0.25) is 0 Å². The molecule has 124 valence electrons. The van der Waals surface area contributed by atoms with Crippen molar-refractivity contribution >= 4 is 34.8 Å². The zero-order chi connectivity index (χ0) is 16.8. The fraction of sp³-hybridized carbons (Fsp3) is 0.353. The molecular weight excluding hydrogens is 324 g/mol. The summed E-state index contributed by atoms with van der Waals surface area (Å²) in [5, 5.41) is 8.56. The number of hydrogen-bond acceptors (Lipinski definition) is 5. The van der Waals surface area contributed by atoms with Crippen molar-refractivity contribution in [1.29, 1.82) is 0 Å². The Kier molecular flexibility index (Phi) is 3.57. The first kappa shape index (κ1) is 15.2. The lowest BCUT2D eigenvalue weighted by atomic mass is 10.2. The van der Waals surface area contributed by atoms with Crippen LogP contribution in [0, 0.1) is 6.92 Å². The summed E-state index contributed by atoms with van der Waals surface area (Å²) in [5.41, 5.74) is 4.41. The summed E-state index contributed by atoms with van der Waals surface area (Å²) in [6, 6.07) is 5.72. The summed E-state index contributed by atoms with van der Waals surface area (Å²) in [6.45, 7) is 2.02. The summed E-state index contributed by atoms with van der Waals surface area (Å²) < 4.78 is 1.83. The number of nitrogens with zero attached hydrogens (tertiary/aromatic N) is 5. The van der Waals surface area contributed by atoms with Crippen LogP contribution in [0.15, 0.2) is 18.2 Å². The van der Waals surface area contributed by atoms with Gasteiger partial charge in [0.05, 0.1) is 5.69 Å². The Morgan fingerprint density at radius 3 is 2.83 bits per heavy atom. The maximum atomic E-state index is 6.09. The third-order valence-electron chi connectivity index (χ3n) is 4.35. The standard InChI is InChI=1S/C17H19ClN6/c1-10-7-8-11(18)9-14(10)19-16-21-17-20-13-6-4-5-12(13)15(23(2)3)24(17)22-16/h7-9H,4-6H2,1-3H3,(H,19,22). The monoisotopic (exact) mass is 342 g/mol. The maximum Gasteiger partial charge on any atom is 0.256 e. The molecule has 0 atom stereocenters. The van der Waals surface area contributed by atoms with Gasteiger partial charge in [-0.1, -0.05) is 17.7 Å². The highest BCUT2D eigenvalue weighted by atomic mass is 35.5. The third-order valence-corrected chi connectivity index (χ3v) is 4.59. The predicted molar refractivity (Wildman–Crippen MR) is 96.6 cm³/mol. The Labute approximate surface area is 145 Å². The van der Waals surface area contributed by atoms with Gasteiger partial charge < -0.3 is 10.2 Å². The predicted octanol–water partition coefficient (Wildman–Crippen LogP) is 3.38. The van der Waals surface area contributed by atoms with Crippen LogP contribution in [0.5, 0.6) is 0 Å². The molecule has 6 nitrogen and oxygen atoms in total. The summed E-state index contributed by atoms with van der Waals surface area (Å²) >= 11 is 6.09. The van der Waals surface area contributed by atoms with Gasteiger partial charge in [0.15, 0.2) is 0 Å². The molecule has 24 heavy (non-hydrogen) atoms. The Morgan fingerprint density at radius 2 is 2.04 bits per heavy atom. The van der Waals surface area contributed by atoms with Crippen molar-refractivity contribution in [3.63, 3.8) is 0 Å². The highest BCUT2D eigenvalue weighted by Crippen LogP contribution is 2.30. The van der Waals surface area contributed by atoms with Gasteiger partial charge in [-0.05, 0) is 43.9 Å². The van der Waals surface area contributed by atoms with E-state index in [1.54, 1.807) is 0 Å². The van der Waals surface area contributed by atoms with E-state index in [9.17, 15) is 0 Å². The van der Waals surface area contributed by atoms with Crippen molar-refractivity contribution < 1.29 is 0 Å². The van der Waals surface area contributed by atoms with Crippen molar-refractivity contribution in [2.24, 2.45) is 0 Å². The number of nitrogens with one attached hydrogen (secondary N) is 1. The van der Waals surface area contributed by atoms with Gasteiger partial charge >= 0.3 is 0 Å². The van der Waals surface area contributed by atoms with Crippen molar-refractivity contribution in [3.05, 3.63) is 40.0 Å².